The minimum Gasteiger partial charge on any atom is -0.352 e. The Labute approximate surface area is 188 Å². The topological polar surface area (TPSA) is 104 Å². The molecule has 32 heavy (non-hydrogen) atoms. The molecule has 1 N–H and O–H groups in total. The van der Waals surface area contributed by atoms with E-state index in [4.69, 9.17) is 0 Å². The van der Waals surface area contributed by atoms with E-state index < -0.39 is 34.4 Å². The Bertz CT molecular complexity index is 1140. The third-order valence-electron chi connectivity index (χ3n) is 5.26. The minimum absolute atomic E-state index is 0.0379. The number of nitrogens with one attached hydrogen (secondary N) is 1. The molecule has 0 spiro atoms. The molecule has 2 aromatic carbocycles. The molecule has 0 aliphatic carbocycles. The molecule has 1 heterocycles. The van der Waals surface area contributed by atoms with Gasteiger partial charge < -0.3 is 10.2 Å². The lowest BCUT2D eigenvalue weighted by molar-refractivity contribution is -0.140. The Morgan fingerprint density at radius 3 is 2.25 bits per heavy atom. The van der Waals surface area contributed by atoms with Crippen molar-refractivity contribution in [2.24, 2.45) is 0 Å². The number of rotatable bonds is 7. The number of sulfonamides is 1. The van der Waals surface area contributed by atoms with Crippen LogP contribution < -0.4 is 5.32 Å². The number of nitrogens with zero attached hydrogens (tertiary/aromatic N) is 2. The van der Waals surface area contributed by atoms with Gasteiger partial charge in [-0.25, -0.2) is 12.7 Å². The molecule has 3 rings (SSSR count). The summed E-state index contributed by atoms with van der Waals surface area (Å²) >= 11 is 0. The van der Waals surface area contributed by atoms with Crippen LogP contribution in [-0.4, -0.2) is 54.0 Å². The average Bonchev–Trinajstić information content (AvgIpc) is 2.93. The summed E-state index contributed by atoms with van der Waals surface area (Å²) in [7, 11) is -4.13. The molecular weight excluding hydrogens is 430 g/mol. The summed E-state index contributed by atoms with van der Waals surface area (Å²) in [4.78, 5) is 39.8. The smallest absolute Gasteiger partial charge is 0.269 e. The van der Waals surface area contributed by atoms with E-state index in [2.05, 4.69) is 5.32 Å². The SMILES string of the molecule is Cc1ccc(CN(C(=O)CN2C(=O)c3ccccc3S2(=O)=O)C(C)C(=O)NC(C)C)cc1. The Hall–Kier alpha value is -3.20. The minimum atomic E-state index is -4.13. The first kappa shape index (κ1) is 23.5. The zero-order valence-corrected chi connectivity index (χ0v) is 19.3. The lowest BCUT2D eigenvalue weighted by Crippen LogP contribution is -2.52. The van der Waals surface area contributed by atoms with Crippen LogP contribution in [0.25, 0.3) is 0 Å². The van der Waals surface area contributed by atoms with E-state index in [0.717, 1.165) is 11.1 Å². The molecule has 1 aliphatic heterocycles. The quantitative estimate of drug-likeness (QED) is 0.686. The van der Waals surface area contributed by atoms with Crippen LogP contribution in [0.1, 0.15) is 42.3 Å². The fourth-order valence-electron chi connectivity index (χ4n) is 3.48. The van der Waals surface area contributed by atoms with Gasteiger partial charge in [0.25, 0.3) is 15.9 Å². The van der Waals surface area contributed by atoms with Crippen LogP contribution in [0, 0.1) is 6.92 Å². The van der Waals surface area contributed by atoms with E-state index >= 15 is 0 Å². The highest BCUT2D eigenvalue weighted by molar-refractivity contribution is 7.90. The van der Waals surface area contributed by atoms with Gasteiger partial charge in [-0.15, -0.1) is 0 Å². The molecule has 1 aliphatic rings. The molecule has 0 saturated heterocycles. The number of carbonyl (C=O) groups excluding carboxylic acids is 3. The number of fused-ring (bicyclic) bond motifs is 1. The van der Waals surface area contributed by atoms with Gasteiger partial charge in [-0.3, -0.25) is 14.4 Å². The molecule has 0 aromatic heterocycles. The van der Waals surface area contributed by atoms with E-state index in [1.54, 1.807) is 13.0 Å². The Kier molecular flexibility index (Phi) is 6.68. The van der Waals surface area contributed by atoms with Crippen molar-refractivity contribution in [1.29, 1.82) is 0 Å². The molecule has 0 fully saturated rings. The van der Waals surface area contributed by atoms with Gasteiger partial charge in [0.15, 0.2) is 0 Å². The zero-order valence-electron chi connectivity index (χ0n) is 18.5. The first-order chi connectivity index (χ1) is 15.0. The highest BCUT2D eigenvalue weighted by atomic mass is 32.2. The molecule has 0 saturated carbocycles. The molecule has 9 heteroatoms. The summed E-state index contributed by atoms with van der Waals surface area (Å²) in [6, 6.07) is 12.3. The summed E-state index contributed by atoms with van der Waals surface area (Å²) in [6.07, 6.45) is 0. The third kappa shape index (κ3) is 4.67. The number of carbonyl (C=O) groups is 3. The van der Waals surface area contributed by atoms with Gasteiger partial charge in [0.05, 0.1) is 5.56 Å². The van der Waals surface area contributed by atoms with E-state index in [1.807, 2.05) is 45.0 Å². The maximum Gasteiger partial charge on any atom is 0.269 e. The molecule has 170 valence electrons. The van der Waals surface area contributed by atoms with Crippen molar-refractivity contribution < 1.29 is 22.8 Å². The summed E-state index contributed by atoms with van der Waals surface area (Å²) in [5, 5.41) is 2.77. The predicted octanol–water partition coefficient (Wildman–Crippen LogP) is 2.08. The van der Waals surface area contributed by atoms with Crippen molar-refractivity contribution in [2.75, 3.05) is 6.54 Å². The van der Waals surface area contributed by atoms with Crippen LogP contribution >= 0.6 is 0 Å². The second-order valence-electron chi connectivity index (χ2n) is 8.16. The first-order valence-electron chi connectivity index (χ1n) is 10.3. The standard InChI is InChI=1S/C23H27N3O5S/c1-15(2)24-22(28)17(4)25(13-18-11-9-16(3)10-12-18)21(27)14-26-23(29)19-7-5-6-8-20(19)32(26,30)31/h5-12,15,17H,13-14H2,1-4H3,(H,24,28). The van der Waals surface area contributed by atoms with Crippen molar-refractivity contribution in [3.8, 4) is 0 Å². The van der Waals surface area contributed by atoms with Gasteiger partial charge in [-0.05, 0) is 45.4 Å². The van der Waals surface area contributed by atoms with Crippen molar-refractivity contribution in [3.63, 3.8) is 0 Å². The largest absolute Gasteiger partial charge is 0.352 e. The van der Waals surface area contributed by atoms with E-state index in [1.165, 1.54) is 23.1 Å². The maximum absolute atomic E-state index is 13.3. The van der Waals surface area contributed by atoms with Crippen LogP contribution in [0.5, 0.6) is 0 Å². The molecule has 3 amide bonds. The highest BCUT2D eigenvalue weighted by Crippen LogP contribution is 2.30. The van der Waals surface area contributed by atoms with Crippen molar-refractivity contribution in [2.45, 2.75) is 51.2 Å². The van der Waals surface area contributed by atoms with E-state index in [-0.39, 0.29) is 29.0 Å². The lowest BCUT2D eigenvalue weighted by atomic mass is 10.1. The number of hydrogen-bond donors (Lipinski definition) is 1. The Morgan fingerprint density at radius 1 is 1.03 bits per heavy atom. The first-order valence-corrected chi connectivity index (χ1v) is 11.8. The van der Waals surface area contributed by atoms with Gasteiger partial charge in [-0.1, -0.05) is 42.0 Å². The van der Waals surface area contributed by atoms with Gasteiger partial charge in [0.2, 0.25) is 11.8 Å². The molecule has 0 bridgehead atoms. The molecule has 1 unspecified atom stereocenters. The van der Waals surface area contributed by atoms with Crippen LogP contribution in [0.4, 0.5) is 0 Å². The average molecular weight is 458 g/mol. The monoisotopic (exact) mass is 457 g/mol. The third-order valence-corrected chi connectivity index (χ3v) is 7.05. The second kappa shape index (κ2) is 9.12. The molecular formula is C23H27N3O5S. The fourth-order valence-corrected chi connectivity index (χ4v) is 5.00. The summed E-state index contributed by atoms with van der Waals surface area (Å²) in [5.74, 6) is -1.75. The molecule has 1 atom stereocenters. The van der Waals surface area contributed by atoms with Crippen LogP contribution in [0.3, 0.4) is 0 Å². The van der Waals surface area contributed by atoms with Gasteiger partial charge >= 0.3 is 0 Å². The maximum atomic E-state index is 13.3. The summed E-state index contributed by atoms with van der Waals surface area (Å²) in [5.41, 5.74) is 1.87. The van der Waals surface area contributed by atoms with E-state index in [9.17, 15) is 22.8 Å². The predicted molar refractivity (Wildman–Crippen MR) is 119 cm³/mol. The fraction of sp³-hybridized carbons (Fsp3) is 0.348. The van der Waals surface area contributed by atoms with Crippen molar-refractivity contribution >= 4 is 27.7 Å². The summed E-state index contributed by atoms with van der Waals surface area (Å²) < 4.78 is 26.3. The van der Waals surface area contributed by atoms with Crippen LogP contribution in [-0.2, 0) is 26.2 Å². The Balaban J connectivity index is 1.89. The van der Waals surface area contributed by atoms with Crippen LogP contribution in [0.2, 0.25) is 0 Å². The molecule has 8 nitrogen and oxygen atoms in total. The number of aryl methyl sites for hydroxylation is 1. The number of amides is 3. The highest BCUT2D eigenvalue weighted by Gasteiger charge is 2.43. The summed E-state index contributed by atoms with van der Waals surface area (Å²) in [6.45, 7) is 6.56. The van der Waals surface area contributed by atoms with Gasteiger partial charge in [-0.2, -0.15) is 0 Å². The van der Waals surface area contributed by atoms with Gasteiger partial charge in [0, 0.05) is 12.6 Å². The zero-order chi connectivity index (χ0) is 23.6. The normalized spacial score (nSPS) is 15.4. The number of benzene rings is 2. The van der Waals surface area contributed by atoms with Crippen LogP contribution in [0.15, 0.2) is 53.4 Å². The molecule has 0 radical (unpaired) electrons. The Morgan fingerprint density at radius 2 is 1.66 bits per heavy atom. The second-order valence-corrected chi connectivity index (χ2v) is 9.99. The van der Waals surface area contributed by atoms with E-state index in [0.29, 0.717) is 4.31 Å². The van der Waals surface area contributed by atoms with Gasteiger partial charge in [0.1, 0.15) is 17.5 Å². The van der Waals surface area contributed by atoms with Crippen molar-refractivity contribution in [3.05, 3.63) is 65.2 Å². The molecule has 2 aromatic rings. The number of hydrogen-bond acceptors (Lipinski definition) is 5. The lowest BCUT2D eigenvalue weighted by Gasteiger charge is -2.30. The van der Waals surface area contributed by atoms with Crippen molar-refractivity contribution in [1.82, 2.24) is 14.5 Å².